The molecule has 0 saturated carbocycles. The maximum absolute atomic E-state index is 12.5. The summed E-state index contributed by atoms with van der Waals surface area (Å²) in [5.41, 5.74) is 9.90. The zero-order valence-corrected chi connectivity index (χ0v) is 14.9. The van der Waals surface area contributed by atoms with Crippen LogP contribution in [-0.2, 0) is 4.79 Å². The van der Waals surface area contributed by atoms with Gasteiger partial charge in [0.25, 0.3) is 0 Å². The van der Waals surface area contributed by atoms with Gasteiger partial charge in [-0.15, -0.1) is 0 Å². The first-order chi connectivity index (χ1) is 12.0. The van der Waals surface area contributed by atoms with Gasteiger partial charge in [-0.1, -0.05) is 36.4 Å². The molecule has 1 saturated heterocycles. The molecule has 1 aliphatic heterocycles. The van der Waals surface area contributed by atoms with Crippen LogP contribution >= 0.6 is 0 Å². The number of nitrogens with zero attached hydrogens (tertiary/aromatic N) is 1. The number of ether oxygens (including phenoxy) is 1. The maximum Gasteiger partial charge on any atom is 0.226 e. The first kappa shape index (κ1) is 17.5. The van der Waals surface area contributed by atoms with Crippen LogP contribution in [0, 0.1) is 13.8 Å². The van der Waals surface area contributed by atoms with Gasteiger partial charge in [0.05, 0.1) is 13.0 Å². The summed E-state index contributed by atoms with van der Waals surface area (Å²) in [5.74, 6) is 1.14. The highest BCUT2D eigenvalue weighted by molar-refractivity contribution is 5.77. The van der Waals surface area contributed by atoms with Gasteiger partial charge >= 0.3 is 0 Å². The standard InChI is InChI=1S/C21H26N2O2/c1-15-8-9-18(12-16(15)2)25-11-10-21(24)23-13-19(20(22)14-23)17-6-4-3-5-7-17/h3-9,12,19-20H,10-11,13-14,22H2,1-2H3/t19-,20+/m0/s1. The largest absolute Gasteiger partial charge is 0.493 e. The number of benzene rings is 2. The number of hydrogen-bond acceptors (Lipinski definition) is 3. The van der Waals surface area contributed by atoms with Crippen LogP contribution in [0.2, 0.25) is 0 Å². The molecule has 132 valence electrons. The summed E-state index contributed by atoms with van der Waals surface area (Å²) in [6, 6.07) is 16.2. The van der Waals surface area contributed by atoms with Crippen LogP contribution < -0.4 is 10.5 Å². The molecular weight excluding hydrogens is 312 g/mol. The number of carbonyl (C=O) groups is 1. The molecule has 1 heterocycles. The minimum atomic E-state index is -0.00739. The molecule has 4 nitrogen and oxygen atoms in total. The number of likely N-dealkylation sites (tertiary alicyclic amines) is 1. The lowest BCUT2D eigenvalue weighted by atomic mass is 9.95. The normalized spacial score (nSPS) is 19.9. The minimum absolute atomic E-state index is 0.00739. The average molecular weight is 338 g/mol. The summed E-state index contributed by atoms with van der Waals surface area (Å²) < 4.78 is 5.73. The van der Waals surface area contributed by atoms with Crippen LogP contribution in [0.5, 0.6) is 5.75 Å². The fourth-order valence-electron chi connectivity index (χ4n) is 3.30. The number of amides is 1. The molecule has 4 heteroatoms. The molecule has 0 bridgehead atoms. The van der Waals surface area contributed by atoms with Gasteiger partial charge < -0.3 is 15.4 Å². The number of nitrogens with two attached hydrogens (primary N) is 1. The topological polar surface area (TPSA) is 55.6 Å². The van der Waals surface area contributed by atoms with E-state index in [1.165, 1.54) is 16.7 Å². The second kappa shape index (κ2) is 7.70. The quantitative estimate of drug-likeness (QED) is 0.912. The Bertz CT molecular complexity index is 730. The van der Waals surface area contributed by atoms with Crippen molar-refractivity contribution in [3.63, 3.8) is 0 Å². The second-order valence-electron chi connectivity index (χ2n) is 6.82. The third-order valence-electron chi connectivity index (χ3n) is 5.01. The van der Waals surface area contributed by atoms with E-state index >= 15 is 0 Å². The van der Waals surface area contributed by atoms with E-state index in [4.69, 9.17) is 10.5 Å². The summed E-state index contributed by atoms with van der Waals surface area (Å²) in [5, 5.41) is 0. The molecule has 25 heavy (non-hydrogen) atoms. The summed E-state index contributed by atoms with van der Waals surface area (Å²) >= 11 is 0. The molecule has 0 aromatic heterocycles. The molecule has 1 aliphatic rings. The third-order valence-corrected chi connectivity index (χ3v) is 5.01. The zero-order valence-electron chi connectivity index (χ0n) is 14.9. The van der Waals surface area contributed by atoms with Crippen LogP contribution in [0.1, 0.15) is 29.0 Å². The Morgan fingerprint density at radius 1 is 1.12 bits per heavy atom. The van der Waals surface area contributed by atoms with Gasteiger partial charge in [-0.3, -0.25) is 4.79 Å². The summed E-state index contributed by atoms with van der Waals surface area (Å²) in [4.78, 5) is 14.3. The summed E-state index contributed by atoms with van der Waals surface area (Å²) in [6.45, 7) is 5.82. The minimum Gasteiger partial charge on any atom is -0.493 e. The highest BCUT2D eigenvalue weighted by atomic mass is 16.5. The lowest BCUT2D eigenvalue weighted by molar-refractivity contribution is -0.130. The lowest BCUT2D eigenvalue weighted by Gasteiger charge is -2.17. The summed E-state index contributed by atoms with van der Waals surface area (Å²) in [6.07, 6.45) is 0.376. The van der Waals surface area contributed by atoms with Gasteiger partial charge in [-0.25, -0.2) is 0 Å². The Morgan fingerprint density at radius 2 is 1.88 bits per heavy atom. The first-order valence-corrected chi connectivity index (χ1v) is 8.83. The van der Waals surface area contributed by atoms with E-state index in [0.717, 1.165) is 5.75 Å². The van der Waals surface area contributed by atoms with Gasteiger partial charge in [0.1, 0.15) is 5.75 Å². The van der Waals surface area contributed by atoms with Gasteiger partial charge in [0, 0.05) is 25.0 Å². The SMILES string of the molecule is Cc1ccc(OCCC(=O)N2C[C@@H](N)[C@H](c3ccccc3)C2)cc1C. The molecule has 0 aliphatic carbocycles. The molecule has 1 amide bonds. The van der Waals surface area contributed by atoms with Crippen molar-refractivity contribution in [2.24, 2.45) is 5.73 Å². The number of aryl methyl sites for hydroxylation is 2. The van der Waals surface area contributed by atoms with Crippen LogP contribution in [-0.4, -0.2) is 36.5 Å². The molecule has 0 unspecified atom stereocenters. The van der Waals surface area contributed by atoms with Crippen molar-refractivity contribution >= 4 is 5.91 Å². The second-order valence-corrected chi connectivity index (χ2v) is 6.82. The number of hydrogen-bond donors (Lipinski definition) is 1. The highest BCUT2D eigenvalue weighted by Gasteiger charge is 2.33. The Kier molecular flexibility index (Phi) is 5.39. The Labute approximate surface area is 149 Å². The smallest absolute Gasteiger partial charge is 0.226 e. The van der Waals surface area contributed by atoms with E-state index in [1.807, 2.05) is 41.3 Å². The van der Waals surface area contributed by atoms with Gasteiger partial charge in [-0.2, -0.15) is 0 Å². The molecule has 2 atom stereocenters. The Hall–Kier alpha value is -2.33. The zero-order chi connectivity index (χ0) is 17.8. The van der Waals surface area contributed by atoms with Gasteiger partial charge in [0.2, 0.25) is 5.91 Å². The fourth-order valence-corrected chi connectivity index (χ4v) is 3.30. The molecular formula is C21H26N2O2. The van der Waals surface area contributed by atoms with Crippen molar-refractivity contribution in [1.29, 1.82) is 0 Å². The molecule has 2 N–H and O–H groups in total. The fraction of sp³-hybridized carbons (Fsp3) is 0.381. The maximum atomic E-state index is 12.5. The third kappa shape index (κ3) is 4.20. The van der Waals surface area contributed by atoms with Crippen molar-refractivity contribution in [3.05, 3.63) is 65.2 Å². The van der Waals surface area contributed by atoms with E-state index in [0.29, 0.717) is 26.1 Å². The molecule has 2 aromatic carbocycles. The lowest BCUT2D eigenvalue weighted by Crippen LogP contribution is -2.32. The van der Waals surface area contributed by atoms with Crippen molar-refractivity contribution in [1.82, 2.24) is 4.90 Å². The molecule has 1 fully saturated rings. The Balaban J connectivity index is 1.51. The number of carbonyl (C=O) groups excluding carboxylic acids is 1. The van der Waals surface area contributed by atoms with E-state index in [9.17, 15) is 4.79 Å². The van der Waals surface area contributed by atoms with Gasteiger partial charge in [0.15, 0.2) is 0 Å². The average Bonchev–Trinajstić information content (AvgIpc) is 3.01. The summed E-state index contributed by atoms with van der Waals surface area (Å²) in [7, 11) is 0. The monoisotopic (exact) mass is 338 g/mol. The molecule has 2 aromatic rings. The van der Waals surface area contributed by atoms with Crippen molar-refractivity contribution in [3.8, 4) is 5.75 Å². The molecule has 0 spiro atoms. The Morgan fingerprint density at radius 3 is 2.60 bits per heavy atom. The van der Waals surface area contributed by atoms with E-state index in [1.54, 1.807) is 0 Å². The number of rotatable bonds is 5. The van der Waals surface area contributed by atoms with E-state index < -0.39 is 0 Å². The van der Waals surface area contributed by atoms with Crippen LogP contribution in [0.15, 0.2) is 48.5 Å². The van der Waals surface area contributed by atoms with Crippen molar-refractivity contribution in [2.45, 2.75) is 32.2 Å². The van der Waals surface area contributed by atoms with E-state index in [2.05, 4.69) is 26.0 Å². The van der Waals surface area contributed by atoms with Gasteiger partial charge in [-0.05, 0) is 42.7 Å². The van der Waals surface area contributed by atoms with Crippen molar-refractivity contribution in [2.75, 3.05) is 19.7 Å². The van der Waals surface area contributed by atoms with Crippen LogP contribution in [0.4, 0.5) is 0 Å². The van der Waals surface area contributed by atoms with Crippen LogP contribution in [0.25, 0.3) is 0 Å². The predicted molar refractivity (Wildman–Crippen MR) is 99.8 cm³/mol. The first-order valence-electron chi connectivity index (χ1n) is 8.83. The molecule has 3 rings (SSSR count). The van der Waals surface area contributed by atoms with Crippen LogP contribution in [0.3, 0.4) is 0 Å². The predicted octanol–water partition coefficient (Wildman–Crippen LogP) is 3.03. The van der Waals surface area contributed by atoms with Crippen molar-refractivity contribution < 1.29 is 9.53 Å². The highest BCUT2D eigenvalue weighted by Crippen LogP contribution is 2.26. The van der Waals surface area contributed by atoms with E-state index in [-0.39, 0.29) is 17.9 Å². The molecule has 0 radical (unpaired) electrons.